The zero-order valence-corrected chi connectivity index (χ0v) is 32.0. The first kappa shape index (κ1) is 40.4. The number of carbonyl (C=O) groups is 1. The lowest BCUT2D eigenvalue weighted by molar-refractivity contribution is 0.0522. The highest BCUT2D eigenvalue weighted by molar-refractivity contribution is 6.28. The van der Waals surface area contributed by atoms with Crippen LogP contribution in [-0.2, 0) is 9.47 Å². The highest BCUT2D eigenvalue weighted by Crippen LogP contribution is 2.23. The van der Waals surface area contributed by atoms with Gasteiger partial charge in [-0.1, -0.05) is 18.2 Å². The van der Waals surface area contributed by atoms with Crippen LogP contribution in [0.2, 0.25) is 5.28 Å². The third-order valence-electron chi connectivity index (χ3n) is 7.88. The minimum absolute atomic E-state index is 0.166. The van der Waals surface area contributed by atoms with E-state index >= 15 is 0 Å². The predicted molar refractivity (Wildman–Crippen MR) is 215 cm³/mol. The van der Waals surface area contributed by atoms with Gasteiger partial charge in [-0.3, -0.25) is 4.99 Å². The Labute approximate surface area is 325 Å². The highest BCUT2D eigenvalue weighted by Gasteiger charge is 2.20. The van der Waals surface area contributed by atoms with E-state index in [1.807, 2.05) is 64.2 Å². The highest BCUT2D eigenvalue weighted by atomic mass is 35.5. The van der Waals surface area contributed by atoms with Gasteiger partial charge in [-0.15, -0.1) is 0 Å². The van der Waals surface area contributed by atoms with Crippen LogP contribution in [0.25, 0.3) is 16.5 Å². The standard InChI is InChI=1S/C16H16ClN5O2.C15H14N4.C4H6N2.C4H9NO/c1-16(2,3)24-15(23)22-12-5-4-11(8-10(12)9-19-22)20-13-6-7-18-14(17)21-13;1-11-17-9-7-15(18-11)19-14-4-2-12(3-5-14)13-6-8-16-10-13;5-1-4-2-6-3-4;5-4-1-2-6-3-4/h4-9H,1-3H3,(H,18,20,21);2-7,9-10H,8H2,1H3,(H,17,18,19);4,6H,2-3H2;4H,1-3,5H2. The van der Waals surface area contributed by atoms with Gasteiger partial charge < -0.3 is 31.2 Å². The molecule has 1 atom stereocenters. The molecule has 0 spiro atoms. The number of benzene rings is 2. The molecule has 3 aliphatic rings. The van der Waals surface area contributed by atoms with Gasteiger partial charge in [0, 0.05) is 61.1 Å². The summed E-state index contributed by atoms with van der Waals surface area (Å²) >= 11 is 5.77. The van der Waals surface area contributed by atoms with Gasteiger partial charge in [-0.25, -0.2) is 24.7 Å². The molecular weight excluding hydrogens is 720 g/mol. The first-order chi connectivity index (χ1) is 26.5. The van der Waals surface area contributed by atoms with E-state index in [0.717, 1.165) is 67.7 Å². The van der Waals surface area contributed by atoms with Gasteiger partial charge in [-0.2, -0.15) is 15.0 Å². The Kier molecular flexibility index (Phi) is 14.3. The van der Waals surface area contributed by atoms with Crippen LogP contribution in [-0.4, -0.2) is 86.5 Å². The number of nitrogens with one attached hydrogen (secondary N) is 3. The van der Waals surface area contributed by atoms with Gasteiger partial charge in [0.05, 0.1) is 36.9 Å². The number of aryl methyl sites for hydroxylation is 1. The molecule has 286 valence electrons. The summed E-state index contributed by atoms with van der Waals surface area (Å²) in [7, 11) is 0. The molecule has 2 saturated heterocycles. The summed E-state index contributed by atoms with van der Waals surface area (Å²) in [6.07, 6.45) is 9.49. The molecule has 1 unspecified atom stereocenters. The Bertz CT molecular complexity index is 2130. The summed E-state index contributed by atoms with van der Waals surface area (Å²) in [5, 5.41) is 22.5. The normalized spacial score (nSPS) is 15.8. The van der Waals surface area contributed by atoms with E-state index in [1.165, 1.54) is 15.8 Å². The lowest BCUT2D eigenvalue weighted by atomic mass is 10.1. The van der Waals surface area contributed by atoms with Crippen molar-refractivity contribution in [1.29, 1.82) is 5.26 Å². The van der Waals surface area contributed by atoms with Crippen LogP contribution in [0.1, 0.15) is 38.6 Å². The topological polar surface area (TPSA) is 203 Å². The SMILES string of the molecule is CC(C)(C)OC(=O)n1ncc2cc(Nc3ccnc(Cl)n3)ccc21.Cc1nccc(Nc2ccc(C3=CCN=C3)cc2)n1.N#CC1CNC1.NC1CCOC1. The maximum absolute atomic E-state index is 12.2. The molecule has 55 heavy (non-hydrogen) atoms. The van der Waals surface area contributed by atoms with E-state index in [9.17, 15) is 4.79 Å². The zero-order valence-electron chi connectivity index (χ0n) is 31.2. The summed E-state index contributed by atoms with van der Waals surface area (Å²) in [6, 6.07) is 19.7. The van der Waals surface area contributed by atoms with Gasteiger partial charge >= 0.3 is 6.09 Å². The molecule has 0 saturated carbocycles. The van der Waals surface area contributed by atoms with E-state index in [1.54, 1.807) is 30.7 Å². The maximum atomic E-state index is 12.2. The average molecular weight is 765 g/mol. The second-order valence-electron chi connectivity index (χ2n) is 13.6. The molecule has 2 aromatic carbocycles. The first-order valence-electron chi connectivity index (χ1n) is 17.7. The van der Waals surface area contributed by atoms with Crippen LogP contribution >= 0.6 is 11.6 Å². The number of anilines is 4. The monoisotopic (exact) mass is 764 g/mol. The van der Waals surface area contributed by atoms with E-state index in [2.05, 4.69) is 70.3 Å². The number of nitrogens with two attached hydrogens (primary N) is 1. The fourth-order valence-corrected chi connectivity index (χ4v) is 5.16. The molecule has 0 bridgehead atoms. The molecule has 3 aromatic heterocycles. The minimum atomic E-state index is -0.580. The summed E-state index contributed by atoms with van der Waals surface area (Å²) < 4.78 is 11.5. The lowest BCUT2D eigenvalue weighted by Gasteiger charge is -2.19. The number of halogens is 1. The summed E-state index contributed by atoms with van der Waals surface area (Å²) in [5.74, 6) is 2.45. The smallest absolute Gasteiger partial charge is 0.435 e. The van der Waals surface area contributed by atoms with Crippen LogP contribution in [0.5, 0.6) is 0 Å². The van der Waals surface area contributed by atoms with E-state index in [4.69, 9.17) is 32.1 Å². The third-order valence-corrected chi connectivity index (χ3v) is 8.06. The first-order valence-corrected chi connectivity index (χ1v) is 18.1. The molecule has 0 amide bonds. The Morgan fingerprint density at radius 3 is 2.29 bits per heavy atom. The third kappa shape index (κ3) is 12.9. The molecule has 0 aliphatic carbocycles. The van der Waals surface area contributed by atoms with Gasteiger partial charge in [-0.05, 0) is 99.3 Å². The van der Waals surface area contributed by atoms with Crippen molar-refractivity contribution in [3.05, 3.63) is 95.9 Å². The molecule has 2 fully saturated rings. The molecule has 5 aromatic rings. The second-order valence-corrected chi connectivity index (χ2v) is 13.9. The van der Waals surface area contributed by atoms with Gasteiger partial charge in [0.1, 0.15) is 23.1 Å². The fraction of sp³-hybridized carbons (Fsp3) is 0.333. The van der Waals surface area contributed by atoms with Crippen LogP contribution in [0.3, 0.4) is 0 Å². The average Bonchev–Trinajstić information content (AvgIpc) is 3.92. The van der Waals surface area contributed by atoms with E-state index < -0.39 is 11.7 Å². The van der Waals surface area contributed by atoms with Crippen LogP contribution < -0.4 is 21.7 Å². The van der Waals surface area contributed by atoms with Crippen molar-refractivity contribution in [2.45, 2.75) is 45.8 Å². The van der Waals surface area contributed by atoms with Crippen molar-refractivity contribution in [2.24, 2.45) is 16.6 Å². The Morgan fingerprint density at radius 1 is 1.04 bits per heavy atom. The number of hydrogen-bond donors (Lipinski definition) is 4. The van der Waals surface area contributed by atoms with Crippen molar-refractivity contribution >= 4 is 63.4 Å². The van der Waals surface area contributed by atoms with Crippen LogP contribution in [0, 0.1) is 24.2 Å². The number of nitrogens with zero attached hydrogens (tertiary/aromatic N) is 8. The molecule has 6 heterocycles. The molecule has 0 radical (unpaired) electrons. The molecule has 5 N–H and O–H groups in total. The van der Waals surface area contributed by atoms with Gasteiger partial charge in [0.25, 0.3) is 0 Å². The number of allylic oxidation sites excluding steroid dienone is 1. The number of fused-ring (bicyclic) bond motifs is 1. The van der Waals surface area contributed by atoms with Gasteiger partial charge in [0.2, 0.25) is 5.28 Å². The van der Waals surface area contributed by atoms with Crippen molar-refractivity contribution in [3.8, 4) is 6.07 Å². The number of nitriles is 1. The molecule has 16 heteroatoms. The molecule has 15 nitrogen and oxygen atoms in total. The van der Waals surface area contributed by atoms with Crippen LogP contribution in [0.15, 0.2) is 84.3 Å². The van der Waals surface area contributed by atoms with E-state index in [0.29, 0.717) is 23.3 Å². The maximum Gasteiger partial charge on any atom is 0.435 e. The number of hydrogen-bond acceptors (Lipinski definition) is 14. The number of rotatable bonds is 5. The quantitative estimate of drug-likeness (QED) is 0.142. The van der Waals surface area contributed by atoms with Crippen molar-refractivity contribution in [3.63, 3.8) is 0 Å². The minimum Gasteiger partial charge on any atom is -0.442 e. The second kappa shape index (κ2) is 19.5. The van der Waals surface area contributed by atoms with E-state index in [-0.39, 0.29) is 5.28 Å². The predicted octanol–water partition coefficient (Wildman–Crippen LogP) is 6.47. The summed E-state index contributed by atoms with van der Waals surface area (Å²) in [6.45, 7) is 11.5. The molecule has 3 aliphatic heterocycles. The lowest BCUT2D eigenvalue weighted by Crippen LogP contribution is -2.40. The zero-order chi connectivity index (χ0) is 39.2. The van der Waals surface area contributed by atoms with Crippen LogP contribution in [0.4, 0.5) is 27.8 Å². The Balaban J connectivity index is 0.000000164. The Hall–Kier alpha value is -5.79. The fourth-order valence-electron chi connectivity index (χ4n) is 5.01. The number of aliphatic imine (C=N–C) groups is 1. The number of carbonyl (C=O) groups excluding carboxylic acids is 1. The molecular formula is C39H45ClN12O3. The van der Waals surface area contributed by atoms with Crippen molar-refractivity contribution in [2.75, 3.05) is 43.5 Å². The largest absolute Gasteiger partial charge is 0.442 e. The van der Waals surface area contributed by atoms with Gasteiger partial charge in [0.15, 0.2) is 0 Å². The summed E-state index contributed by atoms with van der Waals surface area (Å²) in [5.41, 5.74) is 9.67. The van der Waals surface area contributed by atoms with Crippen molar-refractivity contribution in [1.82, 2.24) is 35.0 Å². The Morgan fingerprint density at radius 2 is 1.75 bits per heavy atom. The summed E-state index contributed by atoms with van der Waals surface area (Å²) in [4.78, 5) is 32.7. The van der Waals surface area contributed by atoms with Crippen molar-refractivity contribution < 1.29 is 14.3 Å². The number of ether oxygens (including phenoxy) is 2. The molecule has 8 rings (SSSR count). The number of aromatic nitrogens is 6.